The monoisotopic (exact) mass is 309 g/mol. The average Bonchev–Trinajstić information content (AvgIpc) is 2.92. The van der Waals surface area contributed by atoms with Gasteiger partial charge >= 0.3 is 0 Å². The van der Waals surface area contributed by atoms with Crippen LogP contribution in [-0.4, -0.2) is 6.79 Å². The van der Waals surface area contributed by atoms with E-state index in [1.165, 1.54) is 0 Å². The van der Waals surface area contributed by atoms with Crippen LogP contribution in [0.25, 0.3) is 0 Å². The zero-order valence-electron chi connectivity index (χ0n) is 10.7. The van der Waals surface area contributed by atoms with Gasteiger partial charge in [-0.2, -0.15) is 0 Å². The Labute approximate surface area is 127 Å². The van der Waals surface area contributed by atoms with Crippen molar-refractivity contribution in [2.24, 2.45) is 0 Å². The summed E-state index contributed by atoms with van der Waals surface area (Å²) in [6.07, 6.45) is 0. The Kier molecular flexibility index (Phi) is 4.01. The van der Waals surface area contributed by atoms with Crippen molar-refractivity contribution in [2.45, 2.75) is 13.1 Å². The maximum Gasteiger partial charge on any atom is 0.231 e. The van der Waals surface area contributed by atoms with E-state index in [-0.39, 0.29) is 0 Å². The summed E-state index contributed by atoms with van der Waals surface area (Å²) in [5, 5.41) is 4.50. The van der Waals surface area contributed by atoms with E-state index in [9.17, 15) is 0 Å². The number of halogens is 2. The molecule has 0 radical (unpaired) electrons. The summed E-state index contributed by atoms with van der Waals surface area (Å²) in [6.45, 7) is 1.70. The Hall–Kier alpha value is -1.42. The highest BCUT2D eigenvalue weighted by Gasteiger charge is 2.16. The Morgan fingerprint density at radius 2 is 1.90 bits per heavy atom. The number of hydrogen-bond acceptors (Lipinski definition) is 3. The fourth-order valence-corrected chi connectivity index (χ4v) is 2.44. The van der Waals surface area contributed by atoms with Crippen molar-refractivity contribution in [3.05, 3.63) is 57.6 Å². The summed E-state index contributed by atoms with van der Waals surface area (Å²) in [6, 6.07) is 11.5. The third-order valence-corrected chi connectivity index (χ3v) is 3.85. The topological polar surface area (TPSA) is 30.5 Å². The van der Waals surface area contributed by atoms with E-state index >= 15 is 0 Å². The zero-order valence-corrected chi connectivity index (χ0v) is 12.2. The van der Waals surface area contributed by atoms with Gasteiger partial charge in [0.15, 0.2) is 11.5 Å². The molecule has 0 fully saturated rings. The first kappa shape index (κ1) is 13.6. The molecule has 0 unspecified atom stereocenters. The molecule has 20 heavy (non-hydrogen) atoms. The van der Waals surface area contributed by atoms with Crippen LogP contribution in [0.2, 0.25) is 10.0 Å². The van der Waals surface area contributed by atoms with Gasteiger partial charge in [0.1, 0.15) is 0 Å². The van der Waals surface area contributed by atoms with E-state index < -0.39 is 0 Å². The number of nitrogens with one attached hydrogen (secondary N) is 1. The minimum Gasteiger partial charge on any atom is -0.454 e. The van der Waals surface area contributed by atoms with Crippen LogP contribution >= 0.6 is 23.2 Å². The van der Waals surface area contributed by atoms with Gasteiger partial charge in [-0.3, -0.25) is 0 Å². The number of rotatable bonds is 4. The quantitative estimate of drug-likeness (QED) is 0.925. The minimum absolute atomic E-state index is 0.291. The smallest absolute Gasteiger partial charge is 0.231 e. The highest BCUT2D eigenvalue weighted by atomic mass is 35.5. The molecular weight excluding hydrogens is 297 g/mol. The number of para-hydroxylation sites is 1. The van der Waals surface area contributed by atoms with E-state index in [2.05, 4.69) is 5.32 Å². The molecule has 2 aromatic carbocycles. The summed E-state index contributed by atoms with van der Waals surface area (Å²) in [4.78, 5) is 0. The van der Waals surface area contributed by atoms with Gasteiger partial charge in [0.2, 0.25) is 6.79 Å². The third kappa shape index (κ3) is 2.85. The summed E-state index contributed by atoms with van der Waals surface area (Å²) < 4.78 is 10.8. The predicted molar refractivity (Wildman–Crippen MR) is 79.6 cm³/mol. The van der Waals surface area contributed by atoms with Crippen LogP contribution in [0.4, 0.5) is 0 Å². The number of hydrogen-bond donors (Lipinski definition) is 1. The summed E-state index contributed by atoms with van der Waals surface area (Å²) >= 11 is 11.9. The second-order valence-electron chi connectivity index (χ2n) is 4.50. The molecular formula is C15H13Cl2NO2. The van der Waals surface area contributed by atoms with Crippen LogP contribution < -0.4 is 14.8 Å². The van der Waals surface area contributed by atoms with Crippen LogP contribution in [0.15, 0.2) is 36.4 Å². The Morgan fingerprint density at radius 1 is 1.00 bits per heavy atom. The lowest BCUT2D eigenvalue weighted by Gasteiger charge is -2.08. The first-order valence-electron chi connectivity index (χ1n) is 6.26. The molecule has 1 aliphatic rings. The van der Waals surface area contributed by atoms with E-state index in [1.54, 1.807) is 6.07 Å². The number of ether oxygens (including phenoxy) is 2. The van der Waals surface area contributed by atoms with Gasteiger partial charge < -0.3 is 14.8 Å². The molecule has 0 bridgehead atoms. The summed E-state index contributed by atoms with van der Waals surface area (Å²) in [5.41, 5.74) is 2.17. The SMILES string of the molecule is Clc1ccc(CNCc2cccc3c2OCO3)cc1Cl. The molecule has 0 amide bonds. The average molecular weight is 310 g/mol. The fourth-order valence-electron chi connectivity index (χ4n) is 2.12. The van der Waals surface area contributed by atoms with Crippen LogP contribution in [0.3, 0.4) is 0 Å². The van der Waals surface area contributed by atoms with Crippen molar-refractivity contribution in [3.63, 3.8) is 0 Å². The van der Waals surface area contributed by atoms with Gasteiger partial charge in [-0.1, -0.05) is 41.4 Å². The molecule has 1 N–H and O–H groups in total. The Balaban J connectivity index is 1.63. The third-order valence-electron chi connectivity index (χ3n) is 3.11. The standard InChI is InChI=1S/C15H13Cl2NO2/c16-12-5-4-10(6-13(12)17)7-18-8-11-2-1-3-14-15(11)20-9-19-14/h1-6,18H,7-9H2. The van der Waals surface area contributed by atoms with E-state index in [4.69, 9.17) is 32.7 Å². The van der Waals surface area contributed by atoms with Crippen molar-refractivity contribution in [1.82, 2.24) is 5.32 Å². The lowest BCUT2D eigenvalue weighted by atomic mass is 10.1. The van der Waals surface area contributed by atoms with Crippen molar-refractivity contribution < 1.29 is 9.47 Å². The molecule has 1 heterocycles. The largest absolute Gasteiger partial charge is 0.454 e. The molecule has 0 spiro atoms. The highest BCUT2D eigenvalue weighted by molar-refractivity contribution is 6.42. The van der Waals surface area contributed by atoms with E-state index in [0.29, 0.717) is 29.9 Å². The molecule has 0 saturated carbocycles. The molecule has 0 saturated heterocycles. The zero-order chi connectivity index (χ0) is 13.9. The molecule has 5 heteroatoms. The van der Waals surface area contributed by atoms with Crippen LogP contribution in [0.5, 0.6) is 11.5 Å². The van der Waals surface area contributed by atoms with Gasteiger partial charge in [-0.25, -0.2) is 0 Å². The molecule has 2 aromatic rings. The van der Waals surface area contributed by atoms with E-state index in [1.807, 2.05) is 30.3 Å². The van der Waals surface area contributed by atoms with Gasteiger partial charge in [0.25, 0.3) is 0 Å². The van der Waals surface area contributed by atoms with Gasteiger partial charge in [0, 0.05) is 18.7 Å². The lowest BCUT2D eigenvalue weighted by molar-refractivity contribution is 0.173. The van der Waals surface area contributed by atoms with E-state index in [0.717, 1.165) is 22.6 Å². The molecule has 104 valence electrons. The number of benzene rings is 2. The lowest BCUT2D eigenvalue weighted by Crippen LogP contribution is -2.13. The summed E-state index contributed by atoms with van der Waals surface area (Å²) in [5.74, 6) is 1.63. The Morgan fingerprint density at radius 3 is 2.75 bits per heavy atom. The van der Waals surface area contributed by atoms with Crippen molar-refractivity contribution in [3.8, 4) is 11.5 Å². The predicted octanol–water partition coefficient (Wildman–Crippen LogP) is 4.01. The molecule has 3 rings (SSSR count). The first-order valence-corrected chi connectivity index (χ1v) is 7.02. The molecule has 1 aliphatic heterocycles. The van der Waals surface area contributed by atoms with Gasteiger partial charge in [-0.05, 0) is 23.8 Å². The van der Waals surface area contributed by atoms with Crippen LogP contribution in [0.1, 0.15) is 11.1 Å². The Bertz CT molecular complexity index is 631. The van der Waals surface area contributed by atoms with Crippen molar-refractivity contribution in [1.29, 1.82) is 0 Å². The highest BCUT2D eigenvalue weighted by Crippen LogP contribution is 2.35. The van der Waals surface area contributed by atoms with Crippen molar-refractivity contribution in [2.75, 3.05) is 6.79 Å². The fraction of sp³-hybridized carbons (Fsp3) is 0.200. The molecule has 3 nitrogen and oxygen atoms in total. The van der Waals surface area contributed by atoms with Gasteiger partial charge in [-0.15, -0.1) is 0 Å². The van der Waals surface area contributed by atoms with Crippen molar-refractivity contribution >= 4 is 23.2 Å². The second-order valence-corrected chi connectivity index (χ2v) is 5.32. The molecule has 0 aromatic heterocycles. The molecule has 0 atom stereocenters. The normalized spacial score (nSPS) is 12.7. The maximum absolute atomic E-state index is 5.99. The van der Waals surface area contributed by atoms with Crippen LogP contribution in [-0.2, 0) is 13.1 Å². The maximum atomic E-state index is 5.99. The summed E-state index contributed by atoms with van der Waals surface area (Å²) in [7, 11) is 0. The molecule has 0 aliphatic carbocycles. The van der Waals surface area contributed by atoms with Gasteiger partial charge in [0.05, 0.1) is 10.0 Å². The second kappa shape index (κ2) is 5.92. The minimum atomic E-state index is 0.291. The first-order chi connectivity index (χ1) is 9.74. The number of fused-ring (bicyclic) bond motifs is 1. The van der Waals surface area contributed by atoms with Crippen LogP contribution in [0, 0.1) is 0 Å².